The number of aliphatic hydroxyl groups excluding tert-OH is 1. The van der Waals surface area contributed by atoms with E-state index in [9.17, 15) is 43.2 Å². The maximum Gasteiger partial charge on any atom is 0.472 e. The number of unbranched alkanes of at least 4 members (excludes halogenated alkanes) is 40. The Kier molecular flexibility index (Phi) is 64.3. The Balaban J connectivity index is 5.22. The second kappa shape index (κ2) is 65.7. The van der Waals surface area contributed by atoms with Gasteiger partial charge in [0.2, 0.25) is 0 Å². The quantitative estimate of drug-likeness (QED) is 0.0222. The topological polar surface area (TPSA) is 237 Å². The van der Waals surface area contributed by atoms with Crippen LogP contribution in [0.25, 0.3) is 0 Å². The van der Waals surface area contributed by atoms with Crippen LogP contribution in [0.4, 0.5) is 0 Å². The van der Waals surface area contributed by atoms with Gasteiger partial charge in [0.15, 0.2) is 12.2 Å². The minimum atomic E-state index is -4.96. The molecule has 0 rings (SSSR count). The highest BCUT2D eigenvalue weighted by Crippen LogP contribution is 2.45. The van der Waals surface area contributed by atoms with E-state index in [2.05, 4.69) is 48.5 Å². The average Bonchev–Trinajstić information content (AvgIpc) is 1.30. The lowest BCUT2D eigenvalue weighted by molar-refractivity contribution is -0.161. The van der Waals surface area contributed by atoms with Gasteiger partial charge in [-0.25, -0.2) is 9.13 Å². The van der Waals surface area contributed by atoms with Gasteiger partial charge in [-0.15, -0.1) is 0 Å². The van der Waals surface area contributed by atoms with Crippen LogP contribution in [0.2, 0.25) is 0 Å². The Bertz CT molecular complexity index is 1840. The van der Waals surface area contributed by atoms with E-state index in [1.807, 2.05) is 0 Å². The van der Waals surface area contributed by atoms with Crippen LogP contribution in [0, 0.1) is 17.8 Å². The van der Waals surface area contributed by atoms with Gasteiger partial charge in [-0.05, 0) is 43.4 Å². The van der Waals surface area contributed by atoms with E-state index in [1.54, 1.807) is 0 Å². The number of hydrogen-bond acceptors (Lipinski definition) is 15. The molecule has 0 aliphatic carbocycles. The molecule has 0 aromatic heterocycles. The summed E-state index contributed by atoms with van der Waals surface area (Å²) in [5, 5.41) is 10.6. The van der Waals surface area contributed by atoms with Gasteiger partial charge in [0, 0.05) is 25.7 Å². The molecule has 0 spiro atoms. The van der Waals surface area contributed by atoms with Crippen molar-refractivity contribution in [2.45, 2.75) is 401 Å². The van der Waals surface area contributed by atoms with E-state index in [-0.39, 0.29) is 25.7 Å². The van der Waals surface area contributed by atoms with Crippen LogP contribution in [0.3, 0.4) is 0 Å². The highest BCUT2D eigenvalue weighted by molar-refractivity contribution is 7.47. The summed E-state index contributed by atoms with van der Waals surface area (Å²) < 4.78 is 68.4. The van der Waals surface area contributed by atoms with E-state index in [1.165, 1.54) is 193 Å². The van der Waals surface area contributed by atoms with Crippen molar-refractivity contribution in [3.8, 4) is 0 Å². The first-order valence-electron chi connectivity index (χ1n) is 38.9. The third-order valence-corrected chi connectivity index (χ3v) is 19.6. The Hall–Kier alpha value is -1.94. The number of carbonyl (C=O) groups excluding carboxylic acids is 4. The molecule has 0 radical (unpaired) electrons. The maximum atomic E-state index is 13.1. The normalized spacial score (nSPS) is 14.4. The number of ether oxygens (including phenoxy) is 4. The standard InChI is InChI=1S/C75H146O17P2/c1-8-10-11-12-13-14-29-34-42-49-56-72(77)86-63-71(92-75(80)59-52-45-38-37-41-48-55-68(7)9-2)65-90-94(83,84)88-61-69(76)60-87-93(81,82)89-64-70(62-85-73(78)57-50-43-35-30-25-22-21-24-28-33-40-47-54-67(5)6)91-74(79)58-51-44-36-31-26-20-18-16-15-17-19-23-27-32-39-46-53-66(3)4/h66-71,76H,8-65H2,1-7H3,(H,81,82)(H,83,84)/t68?,69-,70-,71-/m1/s1. The van der Waals surface area contributed by atoms with Crippen molar-refractivity contribution >= 4 is 39.5 Å². The molecule has 0 aromatic rings. The molecule has 0 amide bonds. The minimum absolute atomic E-state index is 0.103. The smallest absolute Gasteiger partial charge is 0.462 e. The van der Waals surface area contributed by atoms with Crippen molar-refractivity contribution in [3.63, 3.8) is 0 Å². The summed E-state index contributed by atoms with van der Waals surface area (Å²) >= 11 is 0. The first kappa shape index (κ1) is 92.1. The van der Waals surface area contributed by atoms with Gasteiger partial charge < -0.3 is 33.8 Å². The fraction of sp³-hybridized carbons (Fsp3) is 0.947. The monoisotopic (exact) mass is 1380 g/mol. The molecule has 0 saturated carbocycles. The van der Waals surface area contributed by atoms with Crippen LogP contribution in [-0.2, 0) is 65.4 Å². The first-order valence-corrected chi connectivity index (χ1v) is 41.9. The zero-order valence-corrected chi connectivity index (χ0v) is 63.2. The number of hydrogen-bond donors (Lipinski definition) is 3. The second-order valence-electron chi connectivity index (χ2n) is 28.2. The van der Waals surface area contributed by atoms with Crippen molar-refractivity contribution in [1.82, 2.24) is 0 Å². The van der Waals surface area contributed by atoms with Crippen LogP contribution >= 0.6 is 15.6 Å². The fourth-order valence-corrected chi connectivity index (χ4v) is 13.0. The maximum absolute atomic E-state index is 13.1. The van der Waals surface area contributed by atoms with E-state index in [4.69, 9.17) is 37.0 Å². The zero-order chi connectivity index (χ0) is 69.4. The Morgan fingerprint density at radius 1 is 0.309 bits per heavy atom. The molecule has 94 heavy (non-hydrogen) atoms. The Labute approximate surface area is 575 Å². The fourth-order valence-electron chi connectivity index (χ4n) is 11.4. The molecule has 0 bridgehead atoms. The molecule has 558 valence electrons. The van der Waals surface area contributed by atoms with E-state index >= 15 is 0 Å². The molecule has 0 heterocycles. The van der Waals surface area contributed by atoms with Gasteiger partial charge in [0.1, 0.15) is 19.3 Å². The van der Waals surface area contributed by atoms with Crippen molar-refractivity contribution < 1.29 is 80.2 Å². The summed E-state index contributed by atoms with van der Waals surface area (Å²) in [6.45, 7) is 11.9. The molecule has 3 N–H and O–H groups in total. The molecular formula is C75H146O17P2. The van der Waals surface area contributed by atoms with E-state index < -0.39 is 97.5 Å². The first-order chi connectivity index (χ1) is 45.3. The average molecular weight is 1380 g/mol. The van der Waals surface area contributed by atoms with Crippen LogP contribution in [-0.4, -0.2) is 96.7 Å². The lowest BCUT2D eigenvalue weighted by Gasteiger charge is -2.21. The number of phosphoric acid groups is 2. The summed E-state index contributed by atoms with van der Waals surface area (Å²) in [7, 11) is -9.91. The Morgan fingerprint density at radius 2 is 0.543 bits per heavy atom. The predicted octanol–water partition coefficient (Wildman–Crippen LogP) is 21.8. The number of carbonyl (C=O) groups is 4. The van der Waals surface area contributed by atoms with Crippen molar-refractivity contribution in [1.29, 1.82) is 0 Å². The van der Waals surface area contributed by atoms with Crippen molar-refractivity contribution in [3.05, 3.63) is 0 Å². The predicted molar refractivity (Wildman–Crippen MR) is 381 cm³/mol. The van der Waals surface area contributed by atoms with Gasteiger partial charge in [-0.1, -0.05) is 331 Å². The van der Waals surface area contributed by atoms with Gasteiger partial charge in [0.05, 0.1) is 26.4 Å². The van der Waals surface area contributed by atoms with E-state index in [0.29, 0.717) is 25.7 Å². The SMILES string of the molecule is CCCCCCCCCCCCC(=O)OC[C@H](COP(=O)(O)OC[C@H](O)COP(=O)(O)OC[C@@H](COC(=O)CCCCCCCCCCCCCCC(C)C)OC(=O)CCCCCCCCCCCCCCCCCCC(C)C)OC(=O)CCCCCCCCC(C)CC. The molecule has 6 atom stereocenters. The molecule has 0 aliphatic heterocycles. The summed E-state index contributed by atoms with van der Waals surface area (Å²) in [4.78, 5) is 72.7. The van der Waals surface area contributed by atoms with Gasteiger partial charge in [-0.2, -0.15) is 0 Å². The highest BCUT2D eigenvalue weighted by Gasteiger charge is 2.30. The van der Waals surface area contributed by atoms with Gasteiger partial charge >= 0.3 is 39.5 Å². The van der Waals surface area contributed by atoms with Crippen LogP contribution in [0.15, 0.2) is 0 Å². The number of aliphatic hydroxyl groups is 1. The van der Waals surface area contributed by atoms with E-state index in [0.717, 1.165) is 108 Å². The summed E-state index contributed by atoms with van der Waals surface area (Å²) in [5.74, 6) is 0.189. The summed E-state index contributed by atoms with van der Waals surface area (Å²) in [6, 6.07) is 0. The van der Waals surface area contributed by atoms with Crippen molar-refractivity contribution in [2.75, 3.05) is 39.6 Å². The molecule has 17 nitrogen and oxygen atoms in total. The summed E-state index contributed by atoms with van der Waals surface area (Å²) in [5.41, 5.74) is 0. The largest absolute Gasteiger partial charge is 0.472 e. The molecule has 0 aromatic carbocycles. The van der Waals surface area contributed by atoms with Crippen LogP contribution in [0.5, 0.6) is 0 Å². The lowest BCUT2D eigenvalue weighted by atomic mass is 10.00. The number of rotatable bonds is 73. The van der Waals surface area contributed by atoms with Crippen LogP contribution < -0.4 is 0 Å². The summed E-state index contributed by atoms with van der Waals surface area (Å²) in [6.07, 6.45) is 51.4. The third-order valence-electron chi connectivity index (χ3n) is 17.7. The number of phosphoric ester groups is 2. The molecule has 0 fully saturated rings. The third kappa shape index (κ3) is 67.3. The molecule has 0 aliphatic rings. The number of esters is 4. The molecular weight excluding hydrogens is 1230 g/mol. The van der Waals surface area contributed by atoms with Crippen LogP contribution in [0.1, 0.15) is 382 Å². The Morgan fingerprint density at radius 3 is 0.809 bits per heavy atom. The van der Waals surface area contributed by atoms with Gasteiger partial charge in [-0.3, -0.25) is 37.3 Å². The molecule has 3 unspecified atom stereocenters. The molecule has 0 saturated heterocycles. The second-order valence-corrected chi connectivity index (χ2v) is 31.1. The highest BCUT2D eigenvalue weighted by atomic mass is 31.2. The van der Waals surface area contributed by atoms with Gasteiger partial charge in [0.25, 0.3) is 0 Å². The zero-order valence-electron chi connectivity index (χ0n) is 61.4. The lowest BCUT2D eigenvalue weighted by Crippen LogP contribution is -2.30. The minimum Gasteiger partial charge on any atom is -0.462 e. The van der Waals surface area contributed by atoms with Crippen molar-refractivity contribution in [2.24, 2.45) is 17.8 Å². The molecule has 19 heteroatoms.